The number of pyridine rings is 1. The van der Waals surface area contributed by atoms with Gasteiger partial charge in [0.1, 0.15) is 11.5 Å². The summed E-state index contributed by atoms with van der Waals surface area (Å²) in [6, 6.07) is 10.3. The van der Waals surface area contributed by atoms with Gasteiger partial charge in [-0.1, -0.05) is 37.6 Å². The summed E-state index contributed by atoms with van der Waals surface area (Å²) in [6.07, 6.45) is 2.40. The maximum atomic E-state index is 13.2. The number of halogens is 2. The van der Waals surface area contributed by atoms with Gasteiger partial charge >= 0.3 is 0 Å². The highest BCUT2D eigenvalue weighted by Crippen LogP contribution is 2.21. The van der Waals surface area contributed by atoms with Gasteiger partial charge in [0.25, 0.3) is 5.91 Å². The number of hydrogen-bond acceptors (Lipinski definition) is 3. The summed E-state index contributed by atoms with van der Waals surface area (Å²) >= 11 is 5.88. The Labute approximate surface area is 165 Å². The zero-order valence-electron chi connectivity index (χ0n) is 15.7. The van der Waals surface area contributed by atoms with E-state index in [1.807, 2.05) is 17.0 Å². The van der Waals surface area contributed by atoms with E-state index in [-0.39, 0.29) is 17.8 Å². The Kier molecular flexibility index (Phi) is 6.45. The molecular weight excluding hydrogens is 365 g/mol. The molecule has 0 radical (unpaired) electrons. The van der Waals surface area contributed by atoms with Crippen molar-refractivity contribution in [1.82, 2.24) is 14.8 Å². The minimum absolute atomic E-state index is 0.0547. The molecule has 2 heterocycles. The Morgan fingerprint density at radius 1 is 1.22 bits per heavy atom. The molecule has 4 nitrogen and oxygen atoms in total. The molecule has 1 aliphatic rings. The summed E-state index contributed by atoms with van der Waals surface area (Å²) in [7, 11) is 0. The summed E-state index contributed by atoms with van der Waals surface area (Å²) < 4.78 is 13.2. The molecule has 0 saturated carbocycles. The molecule has 144 valence electrons. The molecule has 1 aromatic carbocycles. The Morgan fingerprint density at radius 3 is 2.59 bits per heavy atom. The van der Waals surface area contributed by atoms with Crippen LogP contribution in [0.2, 0.25) is 5.02 Å². The van der Waals surface area contributed by atoms with Crippen molar-refractivity contribution in [2.24, 2.45) is 5.92 Å². The molecule has 1 amide bonds. The number of carbonyl (C=O) groups is 1. The number of nitrogens with zero attached hydrogens (tertiary/aromatic N) is 3. The van der Waals surface area contributed by atoms with Crippen LogP contribution >= 0.6 is 11.6 Å². The van der Waals surface area contributed by atoms with Crippen molar-refractivity contribution in [1.29, 1.82) is 0 Å². The first kappa shape index (κ1) is 19.8. The molecule has 1 fully saturated rings. The number of carbonyl (C=O) groups excluding carboxylic acids is 1. The smallest absolute Gasteiger partial charge is 0.272 e. The molecule has 3 rings (SSSR count). The van der Waals surface area contributed by atoms with Gasteiger partial charge in [-0.2, -0.15) is 0 Å². The summed E-state index contributed by atoms with van der Waals surface area (Å²) in [4.78, 5) is 21.4. The van der Waals surface area contributed by atoms with Crippen LogP contribution in [0.25, 0.3) is 0 Å². The van der Waals surface area contributed by atoms with E-state index in [1.54, 1.807) is 12.1 Å². The Morgan fingerprint density at radius 2 is 1.96 bits per heavy atom. The van der Waals surface area contributed by atoms with Crippen molar-refractivity contribution in [3.63, 3.8) is 0 Å². The topological polar surface area (TPSA) is 36.4 Å². The lowest BCUT2D eigenvalue weighted by molar-refractivity contribution is 0.0696. The van der Waals surface area contributed by atoms with Crippen molar-refractivity contribution < 1.29 is 9.18 Å². The van der Waals surface area contributed by atoms with Crippen molar-refractivity contribution in [3.05, 3.63) is 64.7 Å². The van der Waals surface area contributed by atoms with E-state index in [0.717, 1.165) is 25.1 Å². The van der Waals surface area contributed by atoms with E-state index >= 15 is 0 Å². The number of benzene rings is 1. The molecule has 1 saturated heterocycles. The SMILES string of the molecule is CC(C)[C@H]1CN(C(=O)c2ccc(Cl)cn2)CCCN1Cc1ccc(F)cc1. The fourth-order valence-electron chi connectivity index (χ4n) is 3.56. The van der Waals surface area contributed by atoms with E-state index in [9.17, 15) is 9.18 Å². The number of rotatable bonds is 4. The molecule has 0 N–H and O–H groups in total. The molecular formula is C21H25ClFN3O. The largest absolute Gasteiger partial charge is 0.336 e. The van der Waals surface area contributed by atoms with Gasteiger partial charge in [0.15, 0.2) is 0 Å². The Hall–Kier alpha value is -1.98. The van der Waals surface area contributed by atoms with E-state index in [1.165, 1.54) is 18.3 Å². The molecule has 1 aliphatic heterocycles. The number of amides is 1. The monoisotopic (exact) mass is 389 g/mol. The molecule has 2 aromatic rings. The van der Waals surface area contributed by atoms with Crippen LogP contribution in [0.4, 0.5) is 4.39 Å². The lowest BCUT2D eigenvalue weighted by atomic mass is 10.0. The lowest BCUT2D eigenvalue weighted by Gasteiger charge is -2.34. The standard InChI is InChI=1S/C21H25ClFN3O/c1-15(2)20-14-26(21(27)19-9-6-17(22)12-24-19)11-3-10-25(20)13-16-4-7-18(23)8-5-16/h4-9,12,15,20H,3,10-11,13-14H2,1-2H3/t20-/m1/s1. The average molecular weight is 390 g/mol. The van der Waals surface area contributed by atoms with Crippen LogP contribution in [0.5, 0.6) is 0 Å². The van der Waals surface area contributed by atoms with Crippen molar-refractivity contribution in [2.75, 3.05) is 19.6 Å². The third-order valence-electron chi connectivity index (χ3n) is 5.05. The van der Waals surface area contributed by atoms with E-state index in [0.29, 0.717) is 29.7 Å². The van der Waals surface area contributed by atoms with Crippen LogP contribution in [0.15, 0.2) is 42.6 Å². The highest BCUT2D eigenvalue weighted by atomic mass is 35.5. The minimum atomic E-state index is -0.220. The summed E-state index contributed by atoms with van der Waals surface area (Å²) in [6.45, 7) is 7.37. The van der Waals surface area contributed by atoms with Gasteiger partial charge in [-0.25, -0.2) is 9.37 Å². The van der Waals surface area contributed by atoms with Crippen molar-refractivity contribution in [2.45, 2.75) is 32.9 Å². The zero-order chi connectivity index (χ0) is 19.4. The Balaban J connectivity index is 1.75. The first-order chi connectivity index (χ1) is 12.9. The summed E-state index contributed by atoms with van der Waals surface area (Å²) in [5.41, 5.74) is 1.51. The minimum Gasteiger partial charge on any atom is -0.336 e. The molecule has 0 unspecified atom stereocenters. The van der Waals surface area contributed by atoms with E-state index < -0.39 is 0 Å². The summed E-state index contributed by atoms with van der Waals surface area (Å²) in [5, 5.41) is 0.521. The van der Waals surface area contributed by atoms with Gasteiger partial charge in [0.05, 0.1) is 5.02 Å². The second-order valence-electron chi connectivity index (χ2n) is 7.37. The molecule has 0 aliphatic carbocycles. The third-order valence-corrected chi connectivity index (χ3v) is 5.28. The first-order valence-electron chi connectivity index (χ1n) is 9.33. The van der Waals surface area contributed by atoms with Crippen molar-refractivity contribution in [3.8, 4) is 0 Å². The van der Waals surface area contributed by atoms with E-state index in [4.69, 9.17) is 11.6 Å². The lowest BCUT2D eigenvalue weighted by Crippen LogP contribution is -2.45. The van der Waals surface area contributed by atoms with Crippen LogP contribution in [0.3, 0.4) is 0 Å². The molecule has 1 atom stereocenters. The van der Waals surface area contributed by atoms with Crippen molar-refractivity contribution >= 4 is 17.5 Å². The fourth-order valence-corrected chi connectivity index (χ4v) is 3.68. The van der Waals surface area contributed by atoms with Gasteiger partial charge in [-0.3, -0.25) is 9.69 Å². The normalized spacial score (nSPS) is 18.6. The zero-order valence-corrected chi connectivity index (χ0v) is 16.5. The van der Waals surface area contributed by atoms with Crippen LogP contribution in [-0.2, 0) is 6.54 Å². The highest BCUT2D eigenvalue weighted by molar-refractivity contribution is 6.30. The maximum Gasteiger partial charge on any atom is 0.272 e. The van der Waals surface area contributed by atoms with Crippen LogP contribution < -0.4 is 0 Å². The maximum absolute atomic E-state index is 13.2. The number of hydrogen-bond donors (Lipinski definition) is 0. The predicted molar refractivity (Wildman–Crippen MR) is 105 cm³/mol. The second kappa shape index (κ2) is 8.81. The van der Waals surface area contributed by atoms with Crippen LogP contribution in [0.1, 0.15) is 36.3 Å². The second-order valence-corrected chi connectivity index (χ2v) is 7.81. The molecule has 0 bridgehead atoms. The molecule has 27 heavy (non-hydrogen) atoms. The average Bonchev–Trinajstić information content (AvgIpc) is 2.86. The van der Waals surface area contributed by atoms with Gasteiger partial charge in [0.2, 0.25) is 0 Å². The third kappa shape index (κ3) is 5.05. The molecule has 1 aromatic heterocycles. The van der Waals surface area contributed by atoms with Crippen LogP contribution in [-0.4, -0.2) is 46.4 Å². The van der Waals surface area contributed by atoms with Gasteiger partial charge < -0.3 is 4.90 Å². The van der Waals surface area contributed by atoms with Gasteiger partial charge in [-0.05, 0) is 42.2 Å². The predicted octanol–water partition coefficient (Wildman–Crippen LogP) is 4.25. The van der Waals surface area contributed by atoms with Gasteiger partial charge in [0, 0.05) is 38.4 Å². The first-order valence-corrected chi connectivity index (χ1v) is 9.71. The number of aromatic nitrogens is 1. The van der Waals surface area contributed by atoms with Gasteiger partial charge in [-0.15, -0.1) is 0 Å². The summed E-state index contributed by atoms with van der Waals surface area (Å²) in [5.74, 6) is 0.111. The fraction of sp³-hybridized carbons (Fsp3) is 0.429. The van der Waals surface area contributed by atoms with E-state index in [2.05, 4.69) is 23.7 Å². The van der Waals surface area contributed by atoms with Crippen LogP contribution in [0, 0.1) is 11.7 Å². The molecule has 6 heteroatoms. The molecule has 0 spiro atoms. The Bertz CT molecular complexity index is 764. The highest BCUT2D eigenvalue weighted by Gasteiger charge is 2.30. The quantitative estimate of drug-likeness (QED) is 0.784.